The molecule has 0 spiro atoms. The molecule has 0 aliphatic heterocycles. The number of hydrogen-bond donors (Lipinski definition) is 2. The maximum Gasteiger partial charge on any atom is 0.191 e. The van der Waals surface area contributed by atoms with E-state index in [2.05, 4.69) is 37.3 Å². The number of rotatable bonds is 6. The maximum atomic E-state index is 13.7. The minimum Gasteiger partial charge on any atom is -0.352 e. The zero-order valence-corrected chi connectivity index (χ0v) is 18.4. The molecule has 0 bridgehead atoms. The van der Waals surface area contributed by atoms with Gasteiger partial charge in [-0.3, -0.25) is 4.99 Å². The van der Waals surface area contributed by atoms with Gasteiger partial charge in [0.1, 0.15) is 11.6 Å². The molecule has 148 valence electrons. The van der Waals surface area contributed by atoms with Gasteiger partial charge in [-0.2, -0.15) is 0 Å². The van der Waals surface area contributed by atoms with Crippen LogP contribution in [0.1, 0.15) is 22.5 Å². The summed E-state index contributed by atoms with van der Waals surface area (Å²) in [6, 6.07) is 15.5. The summed E-state index contributed by atoms with van der Waals surface area (Å²) in [6.45, 7) is 3.56. The summed E-state index contributed by atoms with van der Waals surface area (Å²) in [4.78, 5) is 8.65. The molecule has 0 amide bonds. The fourth-order valence-corrected chi connectivity index (χ4v) is 2.75. The van der Waals surface area contributed by atoms with Gasteiger partial charge in [-0.25, -0.2) is 9.37 Å². The molecule has 0 unspecified atom stereocenters. The summed E-state index contributed by atoms with van der Waals surface area (Å²) >= 11 is 0. The Morgan fingerprint density at radius 3 is 2.54 bits per heavy atom. The monoisotopic (exact) mass is 493 g/mol. The number of aliphatic imine (C=N–C) groups is 1. The topological polar surface area (TPSA) is 54.2 Å². The number of aromatic nitrogens is 2. The number of aryl methyl sites for hydroxylation is 1. The second kappa shape index (κ2) is 10.8. The Morgan fingerprint density at radius 2 is 1.82 bits per heavy atom. The molecule has 1 heterocycles. The summed E-state index contributed by atoms with van der Waals surface area (Å²) in [7, 11) is 1.71. The van der Waals surface area contributed by atoms with E-state index >= 15 is 0 Å². The van der Waals surface area contributed by atoms with Crippen molar-refractivity contribution in [1.29, 1.82) is 0 Å². The van der Waals surface area contributed by atoms with E-state index in [1.165, 1.54) is 5.56 Å². The molecule has 0 atom stereocenters. The molecule has 7 heteroatoms. The van der Waals surface area contributed by atoms with Crippen LogP contribution < -0.4 is 10.6 Å². The van der Waals surface area contributed by atoms with Crippen molar-refractivity contribution in [3.63, 3.8) is 0 Å². The number of hydrogen-bond acceptors (Lipinski definition) is 2. The lowest BCUT2D eigenvalue weighted by molar-refractivity contribution is 0.615. The standard InChI is InChI=1S/C21H24FN5.HI/c1-16-8-9-18(12-19(16)22)13-25-21(23-2)26-14-20-24-10-11-27(20)15-17-6-4-3-5-7-17;/h3-12H,13-15H2,1-2H3,(H2,23,25,26);1H. The molecule has 2 N–H and O–H groups in total. The summed E-state index contributed by atoms with van der Waals surface area (Å²) in [5, 5.41) is 6.46. The van der Waals surface area contributed by atoms with E-state index in [9.17, 15) is 4.39 Å². The second-order valence-electron chi connectivity index (χ2n) is 6.32. The van der Waals surface area contributed by atoms with Gasteiger partial charge < -0.3 is 15.2 Å². The van der Waals surface area contributed by atoms with Crippen molar-refractivity contribution in [2.75, 3.05) is 7.05 Å². The number of benzene rings is 2. The van der Waals surface area contributed by atoms with Crippen LogP contribution in [0.2, 0.25) is 0 Å². The fourth-order valence-electron chi connectivity index (χ4n) is 2.75. The third-order valence-corrected chi connectivity index (χ3v) is 4.33. The predicted octanol–water partition coefficient (Wildman–Crippen LogP) is 3.86. The fraction of sp³-hybridized carbons (Fsp3) is 0.238. The molecule has 28 heavy (non-hydrogen) atoms. The van der Waals surface area contributed by atoms with E-state index in [4.69, 9.17) is 0 Å². The van der Waals surface area contributed by atoms with Gasteiger partial charge >= 0.3 is 0 Å². The first-order valence-electron chi connectivity index (χ1n) is 8.89. The van der Waals surface area contributed by atoms with E-state index in [1.54, 1.807) is 32.3 Å². The van der Waals surface area contributed by atoms with Gasteiger partial charge in [-0.1, -0.05) is 42.5 Å². The first-order chi connectivity index (χ1) is 13.2. The summed E-state index contributed by atoms with van der Waals surface area (Å²) in [5.41, 5.74) is 2.73. The van der Waals surface area contributed by atoms with E-state index in [-0.39, 0.29) is 29.8 Å². The summed E-state index contributed by atoms with van der Waals surface area (Å²) < 4.78 is 15.8. The van der Waals surface area contributed by atoms with Crippen LogP contribution in [0, 0.1) is 12.7 Å². The maximum absolute atomic E-state index is 13.7. The van der Waals surface area contributed by atoms with Gasteiger partial charge in [0, 0.05) is 32.5 Å². The van der Waals surface area contributed by atoms with Crippen LogP contribution in [0.15, 0.2) is 65.9 Å². The van der Waals surface area contributed by atoms with E-state index in [1.807, 2.05) is 30.5 Å². The normalized spacial score (nSPS) is 11.0. The number of guanidine groups is 1. The Balaban J connectivity index is 0.00000280. The molecule has 0 radical (unpaired) electrons. The molecular formula is C21H25FIN5. The first kappa shape index (κ1) is 21.9. The molecule has 3 aromatic rings. The SMILES string of the molecule is CN=C(NCc1ccc(C)c(F)c1)NCc1nccn1Cc1ccccc1.I. The van der Waals surface area contributed by atoms with Gasteiger partial charge in [0.25, 0.3) is 0 Å². The van der Waals surface area contributed by atoms with Crippen molar-refractivity contribution in [3.05, 3.63) is 89.3 Å². The molecule has 0 aliphatic rings. The average molecular weight is 493 g/mol. The molecule has 0 aliphatic carbocycles. The van der Waals surface area contributed by atoms with Gasteiger partial charge in [0.05, 0.1) is 6.54 Å². The zero-order valence-electron chi connectivity index (χ0n) is 16.0. The van der Waals surface area contributed by atoms with Crippen LogP contribution in [0.5, 0.6) is 0 Å². The van der Waals surface area contributed by atoms with Crippen LogP contribution in [0.3, 0.4) is 0 Å². The van der Waals surface area contributed by atoms with Crippen molar-refractivity contribution in [2.24, 2.45) is 4.99 Å². The van der Waals surface area contributed by atoms with Gasteiger partial charge in [0.15, 0.2) is 5.96 Å². The Labute approximate surface area is 182 Å². The number of nitrogens with zero attached hydrogens (tertiary/aromatic N) is 3. The zero-order chi connectivity index (χ0) is 19.1. The lowest BCUT2D eigenvalue weighted by Gasteiger charge is -2.13. The lowest BCUT2D eigenvalue weighted by atomic mass is 10.1. The van der Waals surface area contributed by atoms with Crippen LogP contribution in [0.25, 0.3) is 0 Å². The van der Waals surface area contributed by atoms with Gasteiger partial charge in [-0.05, 0) is 29.7 Å². The summed E-state index contributed by atoms with van der Waals surface area (Å²) in [5.74, 6) is 1.37. The molecule has 5 nitrogen and oxygen atoms in total. The smallest absolute Gasteiger partial charge is 0.191 e. The minimum absolute atomic E-state index is 0. The highest BCUT2D eigenvalue weighted by molar-refractivity contribution is 14.0. The van der Waals surface area contributed by atoms with Gasteiger partial charge in [0.2, 0.25) is 0 Å². The quantitative estimate of drug-likeness (QED) is 0.312. The highest BCUT2D eigenvalue weighted by Crippen LogP contribution is 2.09. The van der Waals surface area contributed by atoms with E-state index in [0.29, 0.717) is 24.6 Å². The Hall–Kier alpha value is -2.42. The molecule has 1 aromatic heterocycles. The van der Waals surface area contributed by atoms with E-state index in [0.717, 1.165) is 17.9 Å². The number of nitrogens with one attached hydrogen (secondary N) is 2. The highest BCUT2D eigenvalue weighted by atomic mass is 127. The van der Waals surface area contributed by atoms with Crippen LogP contribution >= 0.6 is 24.0 Å². The molecule has 0 saturated carbocycles. The van der Waals surface area contributed by atoms with Crippen molar-refractivity contribution in [3.8, 4) is 0 Å². The van der Waals surface area contributed by atoms with Gasteiger partial charge in [-0.15, -0.1) is 24.0 Å². The molecule has 0 fully saturated rings. The van der Waals surface area contributed by atoms with Crippen LogP contribution in [-0.2, 0) is 19.6 Å². The molecule has 0 saturated heterocycles. The summed E-state index contributed by atoms with van der Waals surface area (Å²) in [6.07, 6.45) is 3.76. The molecular weight excluding hydrogens is 468 g/mol. The van der Waals surface area contributed by atoms with Crippen molar-refractivity contribution in [1.82, 2.24) is 20.2 Å². The van der Waals surface area contributed by atoms with Crippen molar-refractivity contribution >= 4 is 29.9 Å². The van der Waals surface area contributed by atoms with Crippen molar-refractivity contribution < 1.29 is 4.39 Å². The average Bonchev–Trinajstić information content (AvgIpc) is 3.12. The van der Waals surface area contributed by atoms with E-state index < -0.39 is 0 Å². The molecule has 3 rings (SSSR count). The largest absolute Gasteiger partial charge is 0.352 e. The Bertz CT molecular complexity index is 908. The number of imidazole rings is 1. The third-order valence-electron chi connectivity index (χ3n) is 4.33. The van der Waals surface area contributed by atoms with Crippen LogP contribution in [0.4, 0.5) is 4.39 Å². The van der Waals surface area contributed by atoms with Crippen LogP contribution in [-0.4, -0.2) is 22.6 Å². The minimum atomic E-state index is -0.194. The predicted molar refractivity (Wildman–Crippen MR) is 121 cm³/mol. The Morgan fingerprint density at radius 1 is 1.07 bits per heavy atom. The molecule has 2 aromatic carbocycles. The Kier molecular flexibility index (Phi) is 8.43. The van der Waals surface area contributed by atoms with Crippen molar-refractivity contribution in [2.45, 2.75) is 26.6 Å². The second-order valence-corrected chi connectivity index (χ2v) is 6.32. The third kappa shape index (κ3) is 6.05. The lowest BCUT2D eigenvalue weighted by Crippen LogP contribution is -2.37. The highest BCUT2D eigenvalue weighted by Gasteiger charge is 2.06. The first-order valence-corrected chi connectivity index (χ1v) is 8.89. The number of halogens is 2.